The number of nitrogens with two attached hydrogens (primary N) is 1. The molecule has 8 heteroatoms. The van der Waals surface area contributed by atoms with Gasteiger partial charge in [-0.2, -0.15) is 13.2 Å². The van der Waals surface area contributed by atoms with Gasteiger partial charge in [0.1, 0.15) is 0 Å². The average molecular weight is 311 g/mol. The van der Waals surface area contributed by atoms with E-state index in [4.69, 9.17) is 17.3 Å². The predicted molar refractivity (Wildman–Crippen MR) is 71.0 cm³/mol. The average Bonchev–Trinajstić information content (AvgIpc) is 2.28. The van der Waals surface area contributed by atoms with Crippen LogP contribution in [0.15, 0.2) is 18.2 Å². The third-order valence-electron chi connectivity index (χ3n) is 2.39. The van der Waals surface area contributed by atoms with E-state index in [0.29, 0.717) is 0 Å². The van der Waals surface area contributed by atoms with Gasteiger partial charge < -0.3 is 11.1 Å². The number of halogens is 4. The Morgan fingerprint density at radius 3 is 2.53 bits per heavy atom. The van der Waals surface area contributed by atoms with E-state index >= 15 is 0 Å². The number of amides is 1. The number of carbonyl (C=O) groups excluding carboxylic acids is 1. The van der Waals surface area contributed by atoms with Crippen molar-refractivity contribution in [1.82, 2.24) is 0 Å². The fraction of sp³-hybridized carbons (Fsp3) is 0.273. The first-order valence-corrected chi connectivity index (χ1v) is 5.89. The Kier molecular flexibility index (Phi) is 4.75. The molecule has 3 N–H and O–H groups in total. The second-order valence-electron chi connectivity index (χ2n) is 3.77. The lowest BCUT2D eigenvalue weighted by atomic mass is 10.1. The number of hydrogen-bond acceptors (Lipinski definition) is 2. The first-order chi connectivity index (χ1) is 8.64. The first-order valence-electron chi connectivity index (χ1n) is 5.10. The number of hydrogen-bond donors (Lipinski definition) is 2. The number of benzene rings is 1. The molecule has 0 heterocycles. The number of thiocarbonyl (C=S) groups is 1. The van der Waals surface area contributed by atoms with Crippen molar-refractivity contribution in [2.24, 2.45) is 11.7 Å². The molecule has 1 unspecified atom stereocenters. The van der Waals surface area contributed by atoms with Gasteiger partial charge in [0, 0.05) is 0 Å². The van der Waals surface area contributed by atoms with E-state index in [1.807, 2.05) is 0 Å². The lowest BCUT2D eigenvalue weighted by Crippen LogP contribution is -2.31. The van der Waals surface area contributed by atoms with Gasteiger partial charge in [0.25, 0.3) is 0 Å². The molecule has 19 heavy (non-hydrogen) atoms. The van der Waals surface area contributed by atoms with Gasteiger partial charge in [-0.25, -0.2) is 0 Å². The van der Waals surface area contributed by atoms with Gasteiger partial charge in [-0.15, -0.1) is 0 Å². The molecule has 0 saturated heterocycles. The van der Waals surface area contributed by atoms with Crippen LogP contribution in [0.2, 0.25) is 5.02 Å². The quantitative estimate of drug-likeness (QED) is 0.843. The van der Waals surface area contributed by atoms with Crippen molar-refractivity contribution in [3.63, 3.8) is 0 Å². The van der Waals surface area contributed by atoms with E-state index in [-0.39, 0.29) is 10.0 Å². The van der Waals surface area contributed by atoms with Crippen LogP contribution in [-0.2, 0) is 11.0 Å². The van der Waals surface area contributed by atoms with Crippen molar-refractivity contribution in [3.05, 3.63) is 28.8 Å². The maximum atomic E-state index is 12.8. The van der Waals surface area contributed by atoms with E-state index in [2.05, 4.69) is 17.5 Å². The van der Waals surface area contributed by atoms with Crippen LogP contribution < -0.4 is 11.1 Å². The highest BCUT2D eigenvalue weighted by molar-refractivity contribution is 7.80. The van der Waals surface area contributed by atoms with E-state index in [1.54, 1.807) is 0 Å². The normalized spacial score (nSPS) is 12.9. The molecule has 0 bridgehead atoms. The van der Waals surface area contributed by atoms with Crippen molar-refractivity contribution in [1.29, 1.82) is 0 Å². The molecular weight excluding hydrogens is 301 g/mol. The second-order valence-corrected chi connectivity index (χ2v) is 4.65. The minimum absolute atomic E-state index is 0.113. The van der Waals surface area contributed by atoms with Gasteiger partial charge >= 0.3 is 6.18 Å². The first kappa shape index (κ1) is 15.7. The summed E-state index contributed by atoms with van der Waals surface area (Å²) in [5.74, 6) is -1.64. The minimum atomic E-state index is -4.63. The molecule has 104 valence electrons. The van der Waals surface area contributed by atoms with Crippen LogP contribution in [-0.4, -0.2) is 10.9 Å². The second kappa shape index (κ2) is 5.75. The zero-order chi connectivity index (χ0) is 14.8. The van der Waals surface area contributed by atoms with Gasteiger partial charge in [0.2, 0.25) is 5.91 Å². The molecular formula is C11H10ClF3N2OS. The Morgan fingerprint density at radius 1 is 1.47 bits per heavy atom. The smallest absolute Gasteiger partial charge is 0.393 e. The summed E-state index contributed by atoms with van der Waals surface area (Å²) >= 11 is 10.3. The summed E-state index contributed by atoms with van der Waals surface area (Å²) in [5, 5.41) is 1.90. The number of anilines is 1. The number of para-hydroxylation sites is 1. The van der Waals surface area contributed by atoms with Crippen LogP contribution in [0.3, 0.4) is 0 Å². The van der Waals surface area contributed by atoms with Crippen LogP contribution >= 0.6 is 23.8 Å². The lowest BCUT2D eigenvalue weighted by Gasteiger charge is -2.17. The Morgan fingerprint density at radius 2 is 2.05 bits per heavy atom. The number of rotatable bonds is 3. The molecule has 0 aromatic heterocycles. The van der Waals surface area contributed by atoms with E-state index in [9.17, 15) is 18.0 Å². The molecule has 0 aliphatic carbocycles. The van der Waals surface area contributed by atoms with E-state index < -0.39 is 29.3 Å². The molecule has 3 nitrogen and oxygen atoms in total. The Hall–Kier alpha value is -1.34. The lowest BCUT2D eigenvalue weighted by molar-refractivity contribution is -0.137. The van der Waals surface area contributed by atoms with Crippen LogP contribution in [0.1, 0.15) is 12.5 Å². The van der Waals surface area contributed by atoms with Crippen molar-refractivity contribution in [2.45, 2.75) is 13.1 Å². The molecule has 0 fully saturated rings. The van der Waals surface area contributed by atoms with Crippen molar-refractivity contribution in [2.75, 3.05) is 5.32 Å². The van der Waals surface area contributed by atoms with Gasteiger partial charge in [0.05, 0.1) is 27.2 Å². The van der Waals surface area contributed by atoms with Gasteiger partial charge in [-0.1, -0.05) is 29.9 Å². The van der Waals surface area contributed by atoms with Crippen LogP contribution in [0, 0.1) is 5.92 Å². The largest absolute Gasteiger partial charge is 0.418 e. The molecule has 0 spiro atoms. The zero-order valence-corrected chi connectivity index (χ0v) is 11.3. The standard InChI is InChI=1S/C11H10ClF3N2OS/c1-5(9(16)19)10(18)17-8-6(11(13,14)15)3-2-4-7(8)12/h2-5H,1H3,(H2,16,19)(H,17,18). The highest BCUT2D eigenvalue weighted by atomic mass is 35.5. The fourth-order valence-corrected chi connectivity index (χ4v) is 1.58. The fourth-order valence-electron chi connectivity index (χ4n) is 1.25. The maximum absolute atomic E-state index is 12.8. The molecule has 0 radical (unpaired) electrons. The highest BCUT2D eigenvalue weighted by Gasteiger charge is 2.35. The Labute approximate surface area is 117 Å². The molecule has 1 atom stereocenters. The summed E-state index contributed by atoms with van der Waals surface area (Å²) in [5.41, 5.74) is 3.75. The number of carbonyl (C=O) groups is 1. The van der Waals surface area contributed by atoms with Gasteiger partial charge in [0.15, 0.2) is 0 Å². The van der Waals surface area contributed by atoms with Crippen molar-refractivity contribution < 1.29 is 18.0 Å². The van der Waals surface area contributed by atoms with Gasteiger partial charge in [-0.3, -0.25) is 4.79 Å². The molecule has 1 aromatic carbocycles. The summed E-state index contributed by atoms with van der Waals surface area (Å²) in [4.78, 5) is 11.6. The minimum Gasteiger partial charge on any atom is -0.393 e. The van der Waals surface area contributed by atoms with E-state index in [1.165, 1.54) is 13.0 Å². The third kappa shape index (κ3) is 3.81. The van der Waals surface area contributed by atoms with Gasteiger partial charge in [-0.05, 0) is 19.1 Å². The molecule has 0 saturated carbocycles. The van der Waals surface area contributed by atoms with Crippen LogP contribution in [0.5, 0.6) is 0 Å². The van der Waals surface area contributed by atoms with Crippen molar-refractivity contribution in [3.8, 4) is 0 Å². The summed E-state index contributed by atoms with van der Waals surface area (Å²) < 4.78 is 38.3. The molecule has 0 aliphatic heterocycles. The molecule has 1 aromatic rings. The third-order valence-corrected chi connectivity index (χ3v) is 3.06. The molecule has 1 amide bonds. The summed E-state index contributed by atoms with van der Waals surface area (Å²) in [7, 11) is 0. The van der Waals surface area contributed by atoms with E-state index in [0.717, 1.165) is 12.1 Å². The monoisotopic (exact) mass is 310 g/mol. The predicted octanol–water partition coefficient (Wildman–Crippen LogP) is 3.22. The topological polar surface area (TPSA) is 55.1 Å². The Balaban J connectivity index is 3.14. The summed E-state index contributed by atoms with van der Waals surface area (Å²) in [6.07, 6.45) is -4.63. The summed E-state index contributed by atoms with van der Waals surface area (Å²) in [6.45, 7) is 1.39. The zero-order valence-electron chi connectivity index (χ0n) is 9.72. The Bertz CT molecular complexity index is 519. The summed E-state index contributed by atoms with van der Waals surface area (Å²) in [6, 6.07) is 3.22. The molecule has 1 rings (SSSR count). The maximum Gasteiger partial charge on any atom is 0.418 e. The SMILES string of the molecule is CC(C(=O)Nc1c(Cl)cccc1C(F)(F)F)C(N)=S. The van der Waals surface area contributed by atoms with Crippen LogP contribution in [0.4, 0.5) is 18.9 Å². The van der Waals surface area contributed by atoms with Crippen LogP contribution in [0.25, 0.3) is 0 Å². The number of nitrogens with one attached hydrogen (secondary N) is 1. The van der Waals surface area contributed by atoms with Crippen molar-refractivity contribution >= 4 is 40.4 Å². The molecule has 0 aliphatic rings. The number of alkyl halides is 3. The highest BCUT2D eigenvalue weighted by Crippen LogP contribution is 2.38.